The Bertz CT molecular complexity index is 1060. The second-order valence-electron chi connectivity index (χ2n) is 9.68. The summed E-state index contributed by atoms with van der Waals surface area (Å²) in [7, 11) is 3.33. The largest absolute Gasteiger partial charge is 0.493 e. The monoisotopic (exact) mass is 550 g/mol. The van der Waals surface area contributed by atoms with E-state index in [1.54, 1.807) is 14.2 Å². The zero-order chi connectivity index (χ0) is 21.3. The number of fused-ring (bicyclic) bond motifs is 2. The van der Waals surface area contributed by atoms with Gasteiger partial charge < -0.3 is 19.1 Å². The molecule has 1 aliphatic carbocycles. The Kier molecular flexibility index (Phi) is 3.80. The molecule has 1 amide bonds. The normalized spacial score (nSPS) is 40.9. The lowest BCUT2D eigenvalue weighted by Gasteiger charge is -2.63. The fourth-order valence-corrected chi connectivity index (χ4v) is 10.5. The number of ether oxygens (including phenoxy) is 3. The molecule has 1 saturated carbocycles. The van der Waals surface area contributed by atoms with Crippen LogP contribution in [-0.2, 0) is 14.9 Å². The maximum absolute atomic E-state index is 13.6. The van der Waals surface area contributed by atoms with Crippen molar-refractivity contribution in [2.45, 2.75) is 39.7 Å². The molecule has 1 aromatic rings. The van der Waals surface area contributed by atoms with Crippen molar-refractivity contribution >= 4 is 43.5 Å². The number of nitrogens with zero attached hydrogens (tertiary/aromatic N) is 2. The minimum Gasteiger partial charge on any atom is -0.493 e. The van der Waals surface area contributed by atoms with E-state index >= 15 is 0 Å². The van der Waals surface area contributed by atoms with E-state index in [1.807, 2.05) is 6.07 Å². The zero-order valence-electron chi connectivity index (χ0n) is 17.4. The van der Waals surface area contributed by atoms with Gasteiger partial charge in [0, 0.05) is 35.9 Å². The number of anilines is 1. The van der Waals surface area contributed by atoms with Gasteiger partial charge in [-0.1, -0.05) is 43.5 Å². The van der Waals surface area contributed by atoms with Crippen LogP contribution in [0.15, 0.2) is 23.8 Å². The van der Waals surface area contributed by atoms with Gasteiger partial charge in [0.25, 0.3) is 0 Å². The molecule has 8 heteroatoms. The third-order valence-electron chi connectivity index (χ3n) is 8.78. The van der Waals surface area contributed by atoms with Gasteiger partial charge in [0.15, 0.2) is 11.5 Å². The minimum absolute atomic E-state index is 0.0648. The first-order valence-corrected chi connectivity index (χ1v) is 12.5. The quantitative estimate of drug-likeness (QED) is 0.417. The molecule has 0 radical (unpaired) electrons. The molecule has 5 heterocycles. The predicted molar refractivity (Wildman–Crippen MR) is 122 cm³/mol. The molecule has 3 saturated heterocycles. The Morgan fingerprint density at radius 2 is 1.97 bits per heavy atom. The van der Waals surface area contributed by atoms with Crippen LogP contribution in [0.1, 0.15) is 18.4 Å². The lowest BCUT2D eigenvalue weighted by Crippen LogP contribution is -2.75. The number of methoxy groups -OCH3 is 2. The predicted octanol–water partition coefficient (Wildman–Crippen LogP) is 3.21. The van der Waals surface area contributed by atoms with Gasteiger partial charge in [-0.3, -0.25) is 9.69 Å². The van der Waals surface area contributed by atoms with Gasteiger partial charge in [-0.25, -0.2) is 0 Å². The maximum Gasteiger partial charge on any atom is 0.229 e. The number of benzene rings is 1. The smallest absolute Gasteiger partial charge is 0.229 e. The topological polar surface area (TPSA) is 51.2 Å². The van der Waals surface area contributed by atoms with Gasteiger partial charge >= 0.3 is 0 Å². The number of halogens is 2. The molecule has 0 aromatic heterocycles. The summed E-state index contributed by atoms with van der Waals surface area (Å²) < 4.78 is 17.4. The Morgan fingerprint density at radius 3 is 2.74 bits per heavy atom. The molecule has 1 aromatic carbocycles. The Balaban J connectivity index is 1.56. The van der Waals surface area contributed by atoms with E-state index in [9.17, 15) is 4.79 Å². The number of amides is 1. The highest BCUT2D eigenvalue weighted by Crippen LogP contribution is 2.71. The molecular formula is C23H24Br2N2O4. The van der Waals surface area contributed by atoms with Crippen molar-refractivity contribution in [2.75, 3.05) is 38.8 Å². The van der Waals surface area contributed by atoms with Crippen molar-refractivity contribution in [3.8, 4) is 11.5 Å². The number of carbonyl (C=O) groups excluding carboxylic acids is 1. The molecule has 5 aliphatic heterocycles. The number of alkyl halides is 2. The summed E-state index contributed by atoms with van der Waals surface area (Å²) in [5, 5.41) is 0. The number of rotatable bonds is 2. The maximum atomic E-state index is 13.6. The van der Waals surface area contributed by atoms with Gasteiger partial charge in [-0.2, -0.15) is 0 Å². The highest BCUT2D eigenvalue weighted by molar-refractivity contribution is 9.25. The van der Waals surface area contributed by atoms with Gasteiger partial charge in [0.05, 0.1) is 45.1 Å². The van der Waals surface area contributed by atoms with Crippen LogP contribution in [-0.4, -0.2) is 66.1 Å². The van der Waals surface area contributed by atoms with Crippen LogP contribution < -0.4 is 14.4 Å². The van der Waals surface area contributed by atoms with Gasteiger partial charge in [0.1, 0.15) is 3.23 Å². The summed E-state index contributed by atoms with van der Waals surface area (Å²) >= 11 is 8.40. The molecule has 31 heavy (non-hydrogen) atoms. The summed E-state index contributed by atoms with van der Waals surface area (Å²) in [6.45, 7) is 2.58. The second-order valence-corrected chi connectivity index (χ2v) is 13.4. The van der Waals surface area contributed by atoms with Crippen molar-refractivity contribution in [3.63, 3.8) is 0 Å². The van der Waals surface area contributed by atoms with Crippen molar-refractivity contribution < 1.29 is 19.0 Å². The van der Waals surface area contributed by atoms with Gasteiger partial charge in [-0.15, -0.1) is 0 Å². The van der Waals surface area contributed by atoms with Crippen LogP contribution >= 0.6 is 31.9 Å². The molecular weight excluding hydrogens is 528 g/mol. The standard InChI is InChI=1S/C23H24Br2N2O4/c1-29-14-7-12-13(8-15(14)30-2)27-17(28)9-16-18-19-11(3-6-31-16)10-26-5-4-22(12,20(18)27)21(26)23(19,24)25/h3,7-8,16,18-21H,4-6,9-10H2,1-2H3/t16-,18+,19-,20-,21+,22-/m0/s1. The van der Waals surface area contributed by atoms with Crippen molar-refractivity contribution in [1.29, 1.82) is 0 Å². The van der Waals surface area contributed by atoms with E-state index in [4.69, 9.17) is 14.2 Å². The van der Waals surface area contributed by atoms with E-state index in [-0.39, 0.29) is 44.6 Å². The molecule has 4 fully saturated rings. The van der Waals surface area contributed by atoms with Crippen molar-refractivity contribution in [1.82, 2.24) is 4.90 Å². The summed E-state index contributed by atoms with van der Waals surface area (Å²) in [5.41, 5.74) is 3.46. The van der Waals surface area contributed by atoms with Crippen LogP contribution in [0.3, 0.4) is 0 Å². The third-order valence-corrected chi connectivity index (χ3v) is 10.6. The highest BCUT2D eigenvalue weighted by atomic mass is 79.9. The molecule has 7 rings (SSSR count). The van der Waals surface area contributed by atoms with E-state index in [0.717, 1.165) is 30.9 Å². The average Bonchev–Trinajstić information content (AvgIpc) is 3.20. The number of carbonyl (C=O) groups is 1. The second kappa shape index (κ2) is 6.07. The van der Waals surface area contributed by atoms with Gasteiger partial charge in [0.2, 0.25) is 5.91 Å². The van der Waals surface area contributed by atoms with Crippen molar-refractivity contribution in [3.05, 3.63) is 29.3 Å². The molecule has 2 bridgehead atoms. The first-order valence-electron chi connectivity index (χ1n) is 10.9. The van der Waals surface area contributed by atoms with Crippen LogP contribution in [0.4, 0.5) is 5.69 Å². The lowest BCUT2D eigenvalue weighted by atomic mass is 9.53. The van der Waals surface area contributed by atoms with Crippen LogP contribution in [0.5, 0.6) is 11.5 Å². The fraction of sp³-hybridized carbons (Fsp3) is 0.609. The van der Waals surface area contributed by atoms with E-state index in [1.165, 1.54) is 11.1 Å². The lowest BCUT2D eigenvalue weighted by molar-refractivity contribution is -0.132. The zero-order valence-corrected chi connectivity index (χ0v) is 20.6. The Labute approximate surface area is 198 Å². The van der Waals surface area contributed by atoms with Crippen LogP contribution in [0.2, 0.25) is 0 Å². The van der Waals surface area contributed by atoms with Crippen molar-refractivity contribution in [2.24, 2.45) is 11.8 Å². The molecule has 6 aliphatic rings. The third kappa shape index (κ3) is 2.06. The minimum atomic E-state index is -0.269. The van der Waals surface area contributed by atoms with Crippen LogP contribution in [0.25, 0.3) is 0 Å². The molecule has 0 unspecified atom stereocenters. The summed E-state index contributed by atoms with van der Waals surface area (Å²) in [6, 6.07) is 4.47. The first-order chi connectivity index (χ1) is 14.9. The van der Waals surface area contributed by atoms with E-state index < -0.39 is 0 Å². The molecule has 164 valence electrons. The molecule has 6 nitrogen and oxygen atoms in total. The van der Waals surface area contributed by atoms with E-state index in [0.29, 0.717) is 18.8 Å². The molecule has 0 N–H and O–H groups in total. The number of hydrogen-bond donors (Lipinski definition) is 0. The highest BCUT2D eigenvalue weighted by Gasteiger charge is 2.77. The SMILES string of the molecule is COc1cc2c(cc1OC)[C@@]13CCN4CC5=CCO[C@H]6CC(=O)N2[C@H]1[C@H]6[C@H]5C(Br)(Br)[C@H]43. The van der Waals surface area contributed by atoms with Crippen LogP contribution in [0, 0.1) is 11.8 Å². The molecule has 1 spiro atoms. The number of hydrogen-bond acceptors (Lipinski definition) is 5. The Hall–Kier alpha value is -1.09. The molecule has 6 atom stereocenters. The Morgan fingerprint density at radius 1 is 1.19 bits per heavy atom. The van der Waals surface area contributed by atoms with Gasteiger partial charge in [-0.05, 0) is 24.6 Å². The summed E-state index contributed by atoms with van der Waals surface area (Å²) in [5.74, 6) is 2.07. The number of piperidine rings is 2. The summed E-state index contributed by atoms with van der Waals surface area (Å²) in [4.78, 5) is 18.3. The summed E-state index contributed by atoms with van der Waals surface area (Å²) in [6.07, 6.45) is 3.64. The average molecular weight is 552 g/mol. The fourth-order valence-electron chi connectivity index (χ4n) is 7.95. The van der Waals surface area contributed by atoms with E-state index in [2.05, 4.69) is 53.8 Å². The first kappa shape index (κ1) is 19.4.